The Morgan fingerprint density at radius 1 is 0.765 bits per heavy atom. The minimum atomic E-state index is 0.381. The average Bonchev–Trinajstić information content (AvgIpc) is 2.36. The molecule has 3 rings (SSSR count). The number of phenolic OH excluding ortho intramolecular Hbond substituents is 1. The Bertz CT molecular complexity index is 726. The van der Waals surface area contributed by atoms with Crippen LogP contribution in [0.3, 0.4) is 0 Å². The average molecular weight is 222 g/mol. The smallest absolute Gasteiger partial charge is 0.119 e. The van der Waals surface area contributed by atoms with Crippen LogP contribution in [0.15, 0.2) is 42.5 Å². The van der Waals surface area contributed by atoms with Crippen molar-refractivity contribution in [3.63, 3.8) is 0 Å². The fourth-order valence-corrected chi connectivity index (χ4v) is 2.42. The van der Waals surface area contributed by atoms with Gasteiger partial charge in [-0.3, -0.25) is 0 Å². The first-order chi connectivity index (χ1) is 8.18. The van der Waals surface area contributed by atoms with Crippen molar-refractivity contribution in [3.8, 4) is 5.75 Å². The van der Waals surface area contributed by atoms with Gasteiger partial charge in [-0.15, -0.1) is 0 Å². The summed E-state index contributed by atoms with van der Waals surface area (Å²) >= 11 is 0. The molecule has 0 atom stereocenters. The molecular formula is C16H14O. The molecule has 0 radical (unpaired) electrons. The lowest BCUT2D eigenvalue weighted by molar-refractivity contribution is 0.471. The second-order valence-electron chi connectivity index (χ2n) is 4.53. The topological polar surface area (TPSA) is 20.2 Å². The van der Waals surface area contributed by atoms with E-state index in [1.807, 2.05) is 25.1 Å². The van der Waals surface area contributed by atoms with Crippen molar-refractivity contribution in [2.45, 2.75) is 13.8 Å². The molecule has 0 aliphatic carbocycles. The highest BCUT2D eigenvalue weighted by atomic mass is 16.3. The Morgan fingerprint density at radius 3 is 2.35 bits per heavy atom. The molecule has 0 saturated carbocycles. The molecule has 0 fully saturated rings. The molecule has 0 spiro atoms. The third-order valence-corrected chi connectivity index (χ3v) is 3.60. The first kappa shape index (κ1) is 10.2. The SMILES string of the molecule is Cc1c(O)cc2c(ccc3ccccc32)c1C. The van der Waals surface area contributed by atoms with Crippen LogP contribution in [-0.2, 0) is 0 Å². The lowest BCUT2D eigenvalue weighted by Crippen LogP contribution is -1.86. The molecule has 1 N–H and O–H groups in total. The van der Waals surface area contributed by atoms with E-state index in [-0.39, 0.29) is 0 Å². The molecule has 1 nitrogen and oxygen atoms in total. The van der Waals surface area contributed by atoms with Gasteiger partial charge in [0, 0.05) is 0 Å². The van der Waals surface area contributed by atoms with Crippen LogP contribution in [0.2, 0.25) is 0 Å². The van der Waals surface area contributed by atoms with Gasteiger partial charge in [-0.1, -0.05) is 36.4 Å². The molecule has 0 heterocycles. The van der Waals surface area contributed by atoms with E-state index in [0.29, 0.717) is 5.75 Å². The number of rotatable bonds is 0. The third-order valence-electron chi connectivity index (χ3n) is 3.60. The van der Waals surface area contributed by atoms with Crippen molar-refractivity contribution in [3.05, 3.63) is 53.6 Å². The second-order valence-corrected chi connectivity index (χ2v) is 4.53. The standard InChI is InChI=1S/C16H14O/c1-10-11(2)16(17)9-15-13(10)8-7-12-5-3-4-6-14(12)15/h3-9,17H,1-2H3. The van der Waals surface area contributed by atoms with Gasteiger partial charge in [-0.05, 0) is 52.6 Å². The Hall–Kier alpha value is -2.02. The Labute approximate surface area is 100 Å². The summed E-state index contributed by atoms with van der Waals surface area (Å²) in [6.07, 6.45) is 0. The Kier molecular flexibility index (Phi) is 2.08. The highest BCUT2D eigenvalue weighted by molar-refractivity contribution is 6.09. The highest BCUT2D eigenvalue weighted by Crippen LogP contribution is 2.33. The zero-order chi connectivity index (χ0) is 12.0. The lowest BCUT2D eigenvalue weighted by atomic mass is 9.95. The van der Waals surface area contributed by atoms with Gasteiger partial charge in [-0.25, -0.2) is 0 Å². The molecule has 0 aliphatic heterocycles. The van der Waals surface area contributed by atoms with E-state index in [4.69, 9.17) is 0 Å². The summed E-state index contributed by atoms with van der Waals surface area (Å²) in [6, 6.07) is 14.4. The van der Waals surface area contributed by atoms with E-state index in [2.05, 4.69) is 31.2 Å². The van der Waals surface area contributed by atoms with Gasteiger partial charge < -0.3 is 5.11 Å². The Balaban J connectivity index is 2.59. The predicted octanol–water partition coefficient (Wildman–Crippen LogP) is 4.32. The highest BCUT2D eigenvalue weighted by Gasteiger charge is 2.08. The lowest BCUT2D eigenvalue weighted by Gasteiger charge is -2.10. The second kappa shape index (κ2) is 3.49. The van der Waals surface area contributed by atoms with Crippen LogP contribution in [0, 0.1) is 13.8 Å². The predicted molar refractivity (Wildman–Crippen MR) is 72.6 cm³/mol. The summed E-state index contributed by atoms with van der Waals surface area (Å²) in [5, 5.41) is 14.7. The zero-order valence-electron chi connectivity index (χ0n) is 9.99. The molecule has 0 unspecified atom stereocenters. The van der Waals surface area contributed by atoms with Gasteiger partial charge in [0.2, 0.25) is 0 Å². The van der Waals surface area contributed by atoms with Crippen LogP contribution in [-0.4, -0.2) is 5.11 Å². The number of fused-ring (bicyclic) bond motifs is 3. The number of hydrogen-bond acceptors (Lipinski definition) is 1. The molecule has 3 aromatic rings. The van der Waals surface area contributed by atoms with Crippen molar-refractivity contribution < 1.29 is 5.11 Å². The van der Waals surface area contributed by atoms with Crippen molar-refractivity contribution in [1.29, 1.82) is 0 Å². The zero-order valence-corrected chi connectivity index (χ0v) is 9.99. The molecule has 17 heavy (non-hydrogen) atoms. The van der Waals surface area contributed by atoms with Gasteiger partial charge in [-0.2, -0.15) is 0 Å². The van der Waals surface area contributed by atoms with Crippen molar-refractivity contribution in [1.82, 2.24) is 0 Å². The van der Waals surface area contributed by atoms with Gasteiger partial charge >= 0.3 is 0 Å². The number of benzene rings is 3. The van der Waals surface area contributed by atoms with Gasteiger partial charge in [0.15, 0.2) is 0 Å². The Morgan fingerprint density at radius 2 is 1.53 bits per heavy atom. The maximum Gasteiger partial charge on any atom is 0.119 e. The molecule has 0 saturated heterocycles. The first-order valence-corrected chi connectivity index (χ1v) is 5.79. The summed E-state index contributed by atoms with van der Waals surface area (Å²) < 4.78 is 0. The molecule has 3 aromatic carbocycles. The van der Waals surface area contributed by atoms with Gasteiger partial charge in [0.25, 0.3) is 0 Å². The van der Waals surface area contributed by atoms with Crippen molar-refractivity contribution >= 4 is 21.5 Å². The van der Waals surface area contributed by atoms with Crippen molar-refractivity contribution in [2.24, 2.45) is 0 Å². The molecule has 84 valence electrons. The minimum absolute atomic E-state index is 0.381. The normalized spacial score (nSPS) is 11.2. The maximum atomic E-state index is 9.96. The summed E-state index contributed by atoms with van der Waals surface area (Å²) in [6.45, 7) is 4.02. The quantitative estimate of drug-likeness (QED) is 0.562. The van der Waals surface area contributed by atoms with E-state index in [1.54, 1.807) is 0 Å². The fourth-order valence-electron chi connectivity index (χ4n) is 2.42. The molecule has 1 heteroatoms. The van der Waals surface area contributed by atoms with Crippen molar-refractivity contribution in [2.75, 3.05) is 0 Å². The third kappa shape index (κ3) is 1.39. The summed E-state index contributed by atoms with van der Waals surface area (Å²) in [7, 11) is 0. The summed E-state index contributed by atoms with van der Waals surface area (Å²) in [5.74, 6) is 0.381. The molecular weight excluding hydrogens is 208 g/mol. The monoisotopic (exact) mass is 222 g/mol. The fraction of sp³-hybridized carbons (Fsp3) is 0.125. The van der Waals surface area contributed by atoms with Crippen LogP contribution in [0.4, 0.5) is 0 Å². The molecule has 0 amide bonds. The summed E-state index contributed by atoms with van der Waals surface area (Å²) in [5.41, 5.74) is 2.12. The van der Waals surface area contributed by atoms with Crippen LogP contribution in [0.25, 0.3) is 21.5 Å². The maximum absolute atomic E-state index is 9.96. The summed E-state index contributed by atoms with van der Waals surface area (Å²) in [4.78, 5) is 0. The largest absolute Gasteiger partial charge is 0.508 e. The van der Waals surface area contributed by atoms with Crippen LogP contribution in [0.1, 0.15) is 11.1 Å². The van der Waals surface area contributed by atoms with E-state index in [1.165, 1.54) is 16.2 Å². The van der Waals surface area contributed by atoms with E-state index in [0.717, 1.165) is 16.5 Å². The van der Waals surface area contributed by atoms with E-state index in [9.17, 15) is 5.11 Å². The number of hydrogen-bond donors (Lipinski definition) is 1. The molecule has 0 aliphatic rings. The number of phenols is 1. The minimum Gasteiger partial charge on any atom is -0.508 e. The van der Waals surface area contributed by atoms with Crippen LogP contribution in [0.5, 0.6) is 5.75 Å². The number of aromatic hydroxyl groups is 1. The molecule has 0 bridgehead atoms. The first-order valence-electron chi connectivity index (χ1n) is 5.79. The molecule has 0 aromatic heterocycles. The van der Waals surface area contributed by atoms with Gasteiger partial charge in [0.1, 0.15) is 5.75 Å². The van der Waals surface area contributed by atoms with Crippen LogP contribution < -0.4 is 0 Å². The number of aryl methyl sites for hydroxylation is 1. The van der Waals surface area contributed by atoms with E-state index < -0.39 is 0 Å². The van der Waals surface area contributed by atoms with Crippen LogP contribution >= 0.6 is 0 Å². The van der Waals surface area contributed by atoms with Gasteiger partial charge in [0.05, 0.1) is 0 Å². The van der Waals surface area contributed by atoms with E-state index >= 15 is 0 Å².